The van der Waals surface area contributed by atoms with E-state index in [1.807, 2.05) is 35.8 Å². The molecule has 0 radical (unpaired) electrons. The van der Waals surface area contributed by atoms with Gasteiger partial charge in [-0.1, -0.05) is 29.8 Å². The number of H-pyrrole nitrogens is 1. The fraction of sp³-hybridized carbons (Fsp3) is 0.333. The van der Waals surface area contributed by atoms with Crippen LogP contribution in [0.25, 0.3) is 11.4 Å². The lowest BCUT2D eigenvalue weighted by Gasteiger charge is -2.07. The molecule has 1 amide bonds. The van der Waals surface area contributed by atoms with Gasteiger partial charge < -0.3 is 5.32 Å². The van der Waals surface area contributed by atoms with Gasteiger partial charge in [0, 0.05) is 23.4 Å². The van der Waals surface area contributed by atoms with E-state index in [1.165, 1.54) is 16.9 Å². The van der Waals surface area contributed by atoms with E-state index in [-0.39, 0.29) is 5.91 Å². The number of hydrogen-bond donors (Lipinski definition) is 2. The Bertz CT molecular complexity index is 978. The zero-order valence-electron chi connectivity index (χ0n) is 14.4. The quantitative estimate of drug-likeness (QED) is 0.654. The van der Waals surface area contributed by atoms with Crippen LogP contribution in [-0.2, 0) is 24.2 Å². The summed E-state index contributed by atoms with van der Waals surface area (Å²) in [7, 11) is 0. The van der Waals surface area contributed by atoms with Crippen LogP contribution in [0.2, 0.25) is 0 Å². The Kier molecular flexibility index (Phi) is 4.69. The summed E-state index contributed by atoms with van der Waals surface area (Å²) in [5.41, 5.74) is 3.30. The normalized spacial score (nSPS) is 13.0. The minimum absolute atomic E-state index is 0.0598. The van der Waals surface area contributed by atoms with Crippen LogP contribution < -0.4 is 5.32 Å². The summed E-state index contributed by atoms with van der Waals surface area (Å²) < 4.78 is 2.38. The average molecular weight is 386 g/mol. The molecule has 8 heteroatoms. The van der Waals surface area contributed by atoms with Gasteiger partial charge in [-0.25, -0.2) is 4.98 Å². The molecule has 134 valence electrons. The molecule has 0 fully saturated rings. The highest BCUT2D eigenvalue weighted by Gasteiger charge is 2.18. The summed E-state index contributed by atoms with van der Waals surface area (Å²) in [6.45, 7) is 2.51. The Morgan fingerprint density at radius 1 is 1.35 bits per heavy atom. The third-order valence-corrected chi connectivity index (χ3v) is 5.86. The van der Waals surface area contributed by atoms with Crippen molar-refractivity contribution >= 4 is 34.6 Å². The first-order valence-electron chi connectivity index (χ1n) is 8.61. The molecule has 3 aromatic rings. The molecule has 2 heterocycles. The van der Waals surface area contributed by atoms with Crippen molar-refractivity contribution in [3.63, 3.8) is 0 Å². The van der Waals surface area contributed by atoms with Crippen LogP contribution in [0.5, 0.6) is 0 Å². The Balaban J connectivity index is 1.44. The maximum absolute atomic E-state index is 12.3. The monoisotopic (exact) mass is 385 g/mol. The Hall–Kier alpha value is -2.32. The van der Waals surface area contributed by atoms with E-state index in [9.17, 15) is 4.79 Å². The fourth-order valence-corrected chi connectivity index (χ4v) is 4.38. The van der Waals surface area contributed by atoms with E-state index in [0.29, 0.717) is 22.9 Å². The highest BCUT2D eigenvalue weighted by atomic mass is 32.1. The van der Waals surface area contributed by atoms with Gasteiger partial charge in [0.05, 0.1) is 5.69 Å². The SMILES string of the molecule is Cc1ccc(-c2n[nH]c(=S)n2CCC(=O)Nc2nc3c(s2)CCC3)cc1. The van der Waals surface area contributed by atoms with E-state index < -0.39 is 0 Å². The molecular formula is C18H19N5OS2. The Labute approximate surface area is 160 Å². The second kappa shape index (κ2) is 7.13. The van der Waals surface area contributed by atoms with Crippen LogP contribution in [0.15, 0.2) is 24.3 Å². The minimum Gasteiger partial charge on any atom is -0.302 e. The number of benzene rings is 1. The molecule has 1 aliphatic carbocycles. The molecule has 0 unspecified atom stereocenters. The van der Waals surface area contributed by atoms with Gasteiger partial charge >= 0.3 is 0 Å². The summed E-state index contributed by atoms with van der Waals surface area (Å²) in [6, 6.07) is 8.08. The lowest BCUT2D eigenvalue weighted by atomic mass is 10.1. The Morgan fingerprint density at radius 3 is 2.92 bits per heavy atom. The van der Waals surface area contributed by atoms with Gasteiger partial charge in [0.15, 0.2) is 15.7 Å². The van der Waals surface area contributed by atoms with Crippen LogP contribution in [0.3, 0.4) is 0 Å². The van der Waals surface area contributed by atoms with Crippen molar-refractivity contribution in [2.45, 2.75) is 39.2 Å². The second-order valence-electron chi connectivity index (χ2n) is 6.41. The van der Waals surface area contributed by atoms with Gasteiger partial charge in [0.25, 0.3) is 0 Å². The highest BCUT2D eigenvalue weighted by molar-refractivity contribution is 7.71. The number of nitrogens with zero attached hydrogens (tertiary/aromatic N) is 3. The number of aromatic amines is 1. The molecule has 0 saturated carbocycles. The number of rotatable bonds is 5. The molecular weight excluding hydrogens is 366 g/mol. The number of carbonyl (C=O) groups excluding carboxylic acids is 1. The van der Waals surface area contributed by atoms with E-state index in [2.05, 4.69) is 20.5 Å². The fourth-order valence-electron chi connectivity index (χ4n) is 3.09. The first-order valence-corrected chi connectivity index (χ1v) is 9.83. The topological polar surface area (TPSA) is 75.6 Å². The van der Waals surface area contributed by atoms with Crippen molar-refractivity contribution in [2.75, 3.05) is 5.32 Å². The number of nitrogens with one attached hydrogen (secondary N) is 2. The van der Waals surface area contributed by atoms with Gasteiger partial charge in [-0.3, -0.25) is 14.5 Å². The minimum atomic E-state index is -0.0598. The Morgan fingerprint density at radius 2 is 2.15 bits per heavy atom. The number of carbonyl (C=O) groups is 1. The van der Waals surface area contributed by atoms with Crippen molar-refractivity contribution in [2.24, 2.45) is 0 Å². The van der Waals surface area contributed by atoms with Crippen molar-refractivity contribution in [1.29, 1.82) is 0 Å². The van der Waals surface area contributed by atoms with E-state index in [1.54, 1.807) is 11.3 Å². The summed E-state index contributed by atoms with van der Waals surface area (Å²) >= 11 is 6.92. The molecule has 1 aromatic carbocycles. The largest absolute Gasteiger partial charge is 0.302 e. The van der Waals surface area contributed by atoms with Gasteiger partial charge in [-0.15, -0.1) is 11.3 Å². The van der Waals surface area contributed by atoms with E-state index >= 15 is 0 Å². The van der Waals surface area contributed by atoms with Crippen LogP contribution in [0.4, 0.5) is 5.13 Å². The standard InChI is InChI=1S/C18H19N5OS2/c1-11-5-7-12(8-6-11)16-21-22-18(25)23(16)10-9-15(24)20-17-19-13-3-2-4-14(13)26-17/h5-8H,2-4,9-10H2,1H3,(H,22,25)(H,19,20,24). The average Bonchev–Trinajstić information content (AvgIpc) is 3.29. The van der Waals surface area contributed by atoms with Crippen molar-refractivity contribution in [1.82, 2.24) is 19.7 Å². The third kappa shape index (κ3) is 3.47. The third-order valence-electron chi connectivity index (χ3n) is 4.47. The maximum Gasteiger partial charge on any atom is 0.227 e. The maximum atomic E-state index is 12.3. The van der Waals surface area contributed by atoms with Gasteiger partial charge in [0.2, 0.25) is 5.91 Å². The molecule has 1 aliphatic rings. The number of thiazole rings is 1. The number of aromatic nitrogens is 4. The molecule has 0 spiro atoms. The van der Waals surface area contributed by atoms with Crippen LogP contribution in [0, 0.1) is 11.7 Å². The second-order valence-corrected chi connectivity index (χ2v) is 7.88. The number of hydrogen-bond acceptors (Lipinski definition) is 5. The number of amides is 1. The molecule has 2 N–H and O–H groups in total. The summed E-state index contributed by atoms with van der Waals surface area (Å²) in [6.07, 6.45) is 3.58. The smallest absolute Gasteiger partial charge is 0.227 e. The van der Waals surface area contributed by atoms with Crippen molar-refractivity contribution in [3.05, 3.63) is 45.2 Å². The van der Waals surface area contributed by atoms with Gasteiger partial charge in [0.1, 0.15) is 0 Å². The van der Waals surface area contributed by atoms with Crippen molar-refractivity contribution < 1.29 is 4.79 Å². The lowest BCUT2D eigenvalue weighted by molar-refractivity contribution is -0.116. The summed E-state index contributed by atoms with van der Waals surface area (Å²) in [5, 5.41) is 10.8. The first-order chi connectivity index (χ1) is 12.6. The predicted octanol–water partition coefficient (Wildman–Crippen LogP) is 3.89. The number of fused-ring (bicyclic) bond motifs is 1. The molecule has 26 heavy (non-hydrogen) atoms. The molecule has 0 aliphatic heterocycles. The molecule has 4 rings (SSSR count). The predicted molar refractivity (Wildman–Crippen MR) is 105 cm³/mol. The molecule has 0 atom stereocenters. The van der Waals surface area contributed by atoms with E-state index in [0.717, 1.165) is 29.9 Å². The molecule has 0 bridgehead atoms. The van der Waals surface area contributed by atoms with Crippen LogP contribution in [0.1, 0.15) is 29.0 Å². The zero-order valence-corrected chi connectivity index (χ0v) is 16.0. The molecule has 6 nitrogen and oxygen atoms in total. The van der Waals surface area contributed by atoms with Crippen LogP contribution in [-0.4, -0.2) is 25.7 Å². The summed E-state index contributed by atoms with van der Waals surface area (Å²) in [4.78, 5) is 18.1. The van der Waals surface area contributed by atoms with Gasteiger partial charge in [-0.05, 0) is 38.4 Å². The van der Waals surface area contributed by atoms with Gasteiger partial charge in [-0.2, -0.15) is 5.10 Å². The summed E-state index contributed by atoms with van der Waals surface area (Å²) in [5.74, 6) is 0.686. The van der Waals surface area contributed by atoms with Crippen LogP contribution >= 0.6 is 23.6 Å². The first kappa shape index (κ1) is 17.1. The lowest BCUT2D eigenvalue weighted by Crippen LogP contribution is -2.15. The zero-order chi connectivity index (χ0) is 18.1. The molecule has 2 aromatic heterocycles. The molecule has 0 saturated heterocycles. The number of anilines is 1. The highest BCUT2D eigenvalue weighted by Crippen LogP contribution is 2.30. The van der Waals surface area contributed by atoms with Crippen molar-refractivity contribution in [3.8, 4) is 11.4 Å². The number of aryl methyl sites for hydroxylation is 3. The van der Waals surface area contributed by atoms with E-state index in [4.69, 9.17) is 12.2 Å².